The van der Waals surface area contributed by atoms with Crippen molar-refractivity contribution in [1.29, 1.82) is 0 Å². The van der Waals surface area contributed by atoms with Gasteiger partial charge in [0.05, 0.1) is 5.69 Å². The van der Waals surface area contributed by atoms with Crippen molar-refractivity contribution in [3.63, 3.8) is 0 Å². The minimum Gasteiger partial charge on any atom is -0.226 e. The number of hydrogen-bond donors (Lipinski definition) is 0. The summed E-state index contributed by atoms with van der Waals surface area (Å²) in [6, 6.07) is 9.68. The van der Waals surface area contributed by atoms with Crippen LogP contribution in [0.4, 0.5) is 0 Å². The number of tetrazole rings is 1. The average molecular weight is 319 g/mol. The lowest BCUT2D eigenvalue weighted by molar-refractivity contribution is 0.755. The number of halogens is 1. The molecule has 0 aliphatic carbocycles. The lowest BCUT2D eigenvalue weighted by Gasteiger charge is -2.07. The molecule has 0 aliphatic heterocycles. The van der Waals surface area contributed by atoms with Crippen LogP contribution in [0.25, 0.3) is 5.69 Å². The fourth-order valence-corrected chi connectivity index (χ4v) is 2.90. The Bertz CT molecular complexity index is 774. The molecular formula is C13H11ClN6S. The molecule has 3 aromatic rings. The van der Waals surface area contributed by atoms with Crippen LogP contribution in [0.15, 0.2) is 40.5 Å². The van der Waals surface area contributed by atoms with E-state index >= 15 is 0 Å². The van der Waals surface area contributed by atoms with Crippen molar-refractivity contribution >= 4 is 23.4 Å². The Hall–Kier alpha value is -1.99. The van der Waals surface area contributed by atoms with Crippen molar-refractivity contribution in [3.05, 3.63) is 46.9 Å². The Morgan fingerprint density at radius 1 is 1.10 bits per heavy atom. The topological polar surface area (TPSA) is 69.4 Å². The Kier molecular flexibility index (Phi) is 3.85. The number of para-hydroxylation sites is 1. The smallest absolute Gasteiger partial charge is 0.220 e. The zero-order valence-electron chi connectivity index (χ0n) is 11.4. The molecule has 0 radical (unpaired) electrons. The highest BCUT2D eigenvalue weighted by Gasteiger charge is 2.14. The Balaban J connectivity index is 1.99. The third-order valence-corrected chi connectivity index (χ3v) is 4.18. The summed E-state index contributed by atoms with van der Waals surface area (Å²) >= 11 is 7.46. The predicted octanol–water partition coefficient (Wildman–Crippen LogP) is 2.87. The second-order valence-corrected chi connectivity index (χ2v) is 5.62. The van der Waals surface area contributed by atoms with Crippen molar-refractivity contribution in [2.24, 2.45) is 0 Å². The SMILES string of the molecule is Cc1nc(Cl)c(C)c(Sc2nnnn2-c2ccccc2)n1. The second-order valence-electron chi connectivity index (χ2n) is 4.30. The van der Waals surface area contributed by atoms with Gasteiger partial charge in [0.25, 0.3) is 0 Å². The summed E-state index contributed by atoms with van der Waals surface area (Å²) in [4.78, 5) is 8.53. The summed E-state index contributed by atoms with van der Waals surface area (Å²) in [7, 11) is 0. The van der Waals surface area contributed by atoms with Gasteiger partial charge in [-0.05, 0) is 48.2 Å². The summed E-state index contributed by atoms with van der Waals surface area (Å²) in [6.07, 6.45) is 0. The monoisotopic (exact) mass is 318 g/mol. The van der Waals surface area contributed by atoms with E-state index in [2.05, 4.69) is 25.5 Å². The van der Waals surface area contributed by atoms with Crippen molar-refractivity contribution in [1.82, 2.24) is 30.2 Å². The highest BCUT2D eigenvalue weighted by molar-refractivity contribution is 7.99. The van der Waals surface area contributed by atoms with Crippen LogP contribution in [-0.4, -0.2) is 30.2 Å². The highest BCUT2D eigenvalue weighted by atomic mass is 35.5. The normalized spacial score (nSPS) is 10.8. The van der Waals surface area contributed by atoms with E-state index in [0.29, 0.717) is 16.1 Å². The van der Waals surface area contributed by atoms with Crippen molar-refractivity contribution < 1.29 is 0 Å². The number of aromatic nitrogens is 6. The zero-order valence-corrected chi connectivity index (χ0v) is 12.9. The van der Waals surface area contributed by atoms with Crippen LogP contribution in [0.3, 0.4) is 0 Å². The van der Waals surface area contributed by atoms with Crippen LogP contribution in [-0.2, 0) is 0 Å². The summed E-state index contributed by atoms with van der Waals surface area (Å²) < 4.78 is 1.66. The minimum absolute atomic E-state index is 0.448. The van der Waals surface area contributed by atoms with Gasteiger partial charge in [0, 0.05) is 5.56 Å². The molecule has 2 heterocycles. The summed E-state index contributed by atoms with van der Waals surface area (Å²) in [5.74, 6) is 0.617. The van der Waals surface area contributed by atoms with E-state index < -0.39 is 0 Å². The average Bonchev–Trinajstić information content (AvgIpc) is 2.93. The number of benzene rings is 1. The first-order valence-electron chi connectivity index (χ1n) is 6.17. The fourth-order valence-electron chi connectivity index (χ4n) is 1.73. The maximum absolute atomic E-state index is 6.09. The molecule has 6 nitrogen and oxygen atoms in total. The fraction of sp³-hybridized carbons (Fsp3) is 0.154. The van der Waals surface area contributed by atoms with Gasteiger partial charge in [0.2, 0.25) is 5.16 Å². The molecule has 0 bridgehead atoms. The molecule has 0 amide bonds. The molecular weight excluding hydrogens is 308 g/mol. The number of nitrogens with zero attached hydrogens (tertiary/aromatic N) is 6. The first kappa shape index (κ1) is 14.0. The minimum atomic E-state index is 0.448. The molecule has 21 heavy (non-hydrogen) atoms. The molecule has 2 aromatic heterocycles. The van der Waals surface area contributed by atoms with E-state index in [4.69, 9.17) is 11.6 Å². The van der Waals surface area contributed by atoms with Gasteiger partial charge in [0.1, 0.15) is 16.0 Å². The standard InChI is InChI=1S/C13H11ClN6S/c1-8-11(14)15-9(2)16-12(8)21-13-17-18-19-20(13)10-6-4-3-5-7-10/h3-7H,1-2H3. The largest absolute Gasteiger partial charge is 0.226 e. The van der Waals surface area contributed by atoms with Gasteiger partial charge < -0.3 is 0 Å². The van der Waals surface area contributed by atoms with E-state index in [9.17, 15) is 0 Å². The van der Waals surface area contributed by atoms with E-state index in [1.807, 2.05) is 37.3 Å². The van der Waals surface area contributed by atoms with Gasteiger partial charge in [-0.25, -0.2) is 9.97 Å². The third-order valence-electron chi connectivity index (χ3n) is 2.78. The van der Waals surface area contributed by atoms with E-state index in [0.717, 1.165) is 16.3 Å². The Morgan fingerprint density at radius 3 is 2.62 bits per heavy atom. The summed E-state index contributed by atoms with van der Waals surface area (Å²) in [5, 5.41) is 13.6. The van der Waals surface area contributed by atoms with Gasteiger partial charge in [0.15, 0.2) is 0 Å². The quantitative estimate of drug-likeness (QED) is 0.692. The van der Waals surface area contributed by atoms with Crippen molar-refractivity contribution in [3.8, 4) is 5.69 Å². The zero-order chi connectivity index (χ0) is 14.8. The van der Waals surface area contributed by atoms with Crippen LogP contribution in [0, 0.1) is 13.8 Å². The van der Waals surface area contributed by atoms with E-state index in [1.165, 1.54) is 11.8 Å². The molecule has 106 valence electrons. The molecule has 8 heteroatoms. The summed E-state index contributed by atoms with van der Waals surface area (Å²) in [6.45, 7) is 3.68. The van der Waals surface area contributed by atoms with Crippen LogP contribution in [0.1, 0.15) is 11.4 Å². The molecule has 0 saturated heterocycles. The van der Waals surface area contributed by atoms with E-state index in [-0.39, 0.29) is 0 Å². The van der Waals surface area contributed by atoms with Gasteiger partial charge in [-0.15, -0.1) is 5.10 Å². The van der Waals surface area contributed by atoms with Gasteiger partial charge in [-0.1, -0.05) is 29.8 Å². The maximum Gasteiger partial charge on any atom is 0.220 e. The van der Waals surface area contributed by atoms with E-state index in [1.54, 1.807) is 11.6 Å². The van der Waals surface area contributed by atoms with Crippen LogP contribution < -0.4 is 0 Å². The molecule has 0 unspecified atom stereocenters. The maximum atomic E-state index is 6.09. The molecule has 0 saturated carbocycles. The van der Waals surface area contributed by atoms with Crippen LogP contribution >= 0.6 is 23.4 Å². The van der Waals surface area contributed by atoms with Gasteiger partial charge in [-0.2, -0.15) is 4.68 Å². The molecule has 0 N–H and O–H groups in total. The van der Waals surface area contributed by atoms with Gasteiger partial charge in [-0.3, -0.25) is 0 Å². The highest BCUT2D eigenvalue weighted by Crippen LogP contribution is 2.30. The second kappa shape index (κ2) is 5.79. The summed E-state index contributed by atoms with van der Waals surface area (Å²) in [5.41, 5.74) is 1.70. The molecule has 0 aliphatic rings. The van der Waals surface area contributed by atoms with Crippen molar-refractivity contribution in [2.75, 3.05) is 0 Å². The lowest BCUT2D eigenvalue weighted by atomic mass is 10.3. The molecule has 0 spiro atoms. The molecule has 0 atom stereocenters. The van der Waals surface area contributed by atoms with Crippen molar-refractivity contribution in [2.45, 2.75) is 24.0 Å². The van der Waals surface area contributed by atoms with Crippen LogP contribution in [0.5, 0.6) is 0 Å². The third kappa shape index (κ3) is 2.88. The Labute approximate surface area is 130 Å². The number of rotatable bonds is 3. The van der Waals surface area contributed by atoms with Crippen LogP contribution in [0.2, 0.25) is 5.15 Å². The molecule has 1 aromatic carbocycles. The predicted molar refractivity (Wildman–Crippen MR) is 79.8 cm³/mol. The number of hydrogen-bond acceptors (Lipinski definition) is 6. The Morgan fingerprint density at radius 2 is 1.86 bits per heavy atom. The molecule has 0 fully saturated rings. The van der Waals surface area contributed by atoms with Gasteiger partial charge >= 0.3 is 0 Å². The lowest BCUT2D eigenvalue weighted by Crippen LogP contribution is -2.00. The number of aryl methyl sites for hydroxylation is 1. The molecule has 3 rings (SSSR count). The first-order valence-corrected chi connectivity index (χ1v) is 7.37. The first-order chi connectivity index (χ1) is 10.1.